The first-order valence-electron chi connectivity index (χ1n) is 5.93. The maximum Gasteiger partial charge on any atom is 0.141 e. The Morgan fingerprint density at radius 3 is 2.94 bits per heavy atom. The van der Waals surface area contributed by atoms with Crippen LogP contribution in [-0.2, 0) is 16.1 Å². The topological polar surface area (TPSA) is 42.4 Å². The lowest BCUT2D eigenvalue weighted by Gasteiger charge is -2.26. The summed E-state index contributed by atoms with van der Waals surface area (Å²) >= 11 is 0. The molecule has 17 heavy (non-hydrogen) atoms. The lowest BCUT2D eigenvalue weighted by Crippen LogP contribution is -2.36. The third-order valence-electron chi connectivity index (χ3n) is 3.00. The molecule has 2 heterocycles. The van der Waals surface area contributed by atoms with Gasteiger partial charge in [-0.2, -0.15) is 0 Å². The summed E-state index contributed by atoms with van der Waals surface area (Å²) < 4.78 is 5.35. The van der Waals surface area contributed by atoms with Crippen LogP contribution in [0.2, 0.25) is 0 Å². The van der Waals surface area contributed by atoms with Crippen LogP contribution in [0.3, 0.4) is 0 Å². The van der Waals surface area contributed by atoms with Gasteiger partial charge in [0.1, 0.15) is 5.78 Å². The lowest BCUT2D eigenvalue weighted by molar-refractivity contribution is -0.131. The monoisotopic (exact) mass is 234 g/mol. The molecule has 1 aliphatic rings. The molecule has 1 fully saturated rings. The zero-order valence-electron chi connectivity index (χ0n) is 10.1. The minimum absolute atomic E-state index is 0.0376. The maximum absolute atomic E-state index is 11.7. The third kappa shape index (κ3) is 3.61. The number of Topliss-reactive ketones (excluding diaryl/α,β-unsaturated/α-hetero) is 1. The molecule has 0 radical (unpaired) electrons. The Labute approximate surface area is 102 Å². The predicted octanol–water partition coefficient (Wildman–Crippen LogP) is 1.12. The molecule has 0 aromatic carbocycles. The van der Waals surface area contributed by atoms with Crippen molar-refractivity contribution in [3.8, 4) is 0 Å². The van der Waals surface area contributed by atoms with E-state index in [4.69, 9.17) is 4.74 Å². The fourth-order valence-corrected chi connectivity index (χ4v) is 2.09. The molecule has 4 nitrogen and oxygen atoms in total. The molecule has 1 atom stereocenters. The zero-order chi connectivity index (χ0) is 12.1. The quantitative estimate of drug-likeness (QED) is 0.783. The van der Waals surface area contributed by atoms with E-state index in [1.807, 2.05) is 19.2 Å². The number of pyridine rings is 1. The van der Waals surface area contributed by atoms with Crippen molar-refractivity contribution in [2.45, 2.75) is 13.0 Å². The second-order valence-electron chi connectivity index (χ2n) is 4.54. The molecule has 0 amide bonds. The van der Waals surface area contributed by atoms with Gasteiger partial charge in [-0.3, -0.25) is 9.78 Å². The van der Waals surface area contributed by atoms with Crippen LogP contribution < -0.4 is 0 Å². The van der Waals surface area contributed by atoms with E-state index in [0.29, 0.717) is 25.4 Å². The van der Waals surface area contributed by atoms with Crippen molar-refractivity contribution in [1.29, 1.82) is 0 Å². The van der Waals surface area contributed by atoms with Crippen LogP contribution in [-0.4, -0.2) is 42.5 Å². The van der Waals surface area contributed by atoms with Gasteiger partial charge in [0.25, 0.3) is 0 Å². The summed E-state index contributed by atoms with van der Waals surface area (Å²) in [5, 5.41) is 0. The Balaban J connectivity index is 1.84. The summed E-state index contributed by atoms with van der Waals surface area (Å²) in [5.74, 6) is 0.369. The van der Waals surface area contributed by atoms with E-state index in [2.05, 4.69) is 9.88 Å². The Bertz CT molecular complexity index is 367. The SMILES string of the molecule is CN(Cc1ccncc1)CC1COCCC1=O. The van der Waals surface area contributed by atoms with Gasteiger partial charge in [0.15, 0.2) is 0 Å². The van der Waals surface area contributed by atoms with E-state index >= 15 is 0 Å². The van der Waals surface area contributed by atoms with Crippen molar-refractivity contribution in [3.63, 3.8) is 0 Å². The molecule has 0 saturated carbocycles. The van der Waals surface area contributed by atoms with Crippen molar-refractivity contribution in [3.05, 3.63) is 30.1 Å². The molecule has 2 rings (SSSR count). The van der Waals surface area contributed by atoms with Crippen LogP contribution in [0, 0.1) is 5.92 Å². The first-order valence-corrected chi connectivity index (χ1v) is 5.93. The van der Waals surface area contributed by atoms with E-state index < -0.39 is 0 Å². The Hall–Kier alpha value is -1.26. The zero-order valence-corrected chi connectivity index (χ0v) is 10.1. The second-order valence-corrected chi connectivity index (χ2v) is 4.54. The molecule has 4 heteroatoms. The van der Waals surface area contributed by atoms with Crippen LogP contribution >= 0.6 is 0 Å². The Kier molecular flexibility index (Phi) is 4.23. The molecular formula is C13H18N2O2. The van der Waals surface area contributed by atoms with Crippen molar-refractivity contribution >= 4 is 5.78 Å². The normalized spacial score (nSPS) is 20.8. The van der Waals surface area contributed by atoms with Crippen LogP contribution in [0.1, 0.15) is 12.0 Å². The van der Waals surface area contributed by atoms with E-state index in [1.54, 1.807) is 12.4 Å². The van der Waals surface area contributed by atoms with Crippen molar-refractivity contribution < 1.29 is 9.53 Å². The summed E-state index contributed by atoms with van der Waals surface area (Å²) in [6.07, 6.45) is 4.14. The van der Waals surface area contributed by atoms with Gasteiger partial charge in [-0.05, 0) is 24.7 Å². The third-order valence-corrected chi connectivity index (χ3v) is 3.00. The summed E-state index contributed by atoms with van der Waals surface area (Å²) in [5.41, 5.74) is 1.21. The number of hydrogen-bond acceptors (Lipinski definition) is 4. The van der Waals surface area contributed by atoms with Crippen molar-refractivity contribution in [1.82, 2.24) is 9.88 Å². The fraction of sp³-hybridized carbons (Fsp3) is 0.538. The lowest BCUT2D eigenvalue weighted by atomic mass is 10.00. The highest BCUT2D eigenvalue weighted by atomic mass is 16.5. The average Bonchev–Trinajstić information content (AvgIpc) is 2.33. The number of aromatic nitrogens is 1. The highest BCUT2D eigenvalue weighted by Crippen LogP contribution is 2.12. The smallest absolute Gasteiger partial charge is 0.141 e. The molecule has 1 aliphatic heterocycles. The minimum Gasteiger partial charge on any atom is -0.380 e. The number of rotatable bonds is 4. The van der Waals surface area contributed by atoms with E-state index in [0.717, 1.165) is 13.1 Å². The Morgan fingerprint density at radius 1 is 1.47 bits per heavy atom. The molecular weight excluding hydrogens is 216 g/mol. The molecule has 0 N–H and O–H groups in total. The van der Waals surface area contributed by atoms with Gasteiger partial charge < -0.3 is 9.64 Å². The molecule has 1 aromatic rings. The predicted molar refractivity (Wildman–Crippen MR) is 64.5 cm³/mol. The summed E-state index contributed by atoms with van der Waals surface area (Å²) in [6.45, 7) is 2.76. The number of hydrogen-bond donors (Lipinski definition) is 0. The maximum atomic E-state index is 11.7. The van der Waals surface area contributed by atoms with Crippen molar-refractivity contribution in [2.75, 3.05) is 26.8 Å². The number of ether oxygens (including phenoxy) is 1. The van der Waals surface area contributed by atoms with Gasteiger partial charge >= 0.3 is 0 Å². The summed E-state index contributed by atoms with van der Waals surface area (Å²) in [4.78, 5) is 17.8. The van der Waals surface area contributed by atoms with Crippen molar-refractivity contribution in [2.24, 2.45) is 5.92 Å². The molecule has 92 valence electrons. The van der Waals surface area contributed by atoms with Gasteiger partial charge in [0, 0.05) is 31.9 Å². The van der Waals surface area contributed by atoms with Gasteiger partial charge in [0.05, 0.1) is 19.1 Å². The number of carbonyl (C=O) groups excluding carboxylic acids is 1. The molecule has 0 spiro atoms. The molecule has 1 aromatic heterocycles. The number of ketones is 1. The van der Waals surface area contributed by atoms with Gasteiger partial charge in [-0.1, -0.05) is 0 Å². The van der Waals surface area contributed by atoms with Crippen LogP contribution in [0.5, 0.6) is 0 Å². The highest BCUT2D eigenvalue weighted by Gasteiger charge is 2.23. The van der Waals surface area contributed by atoms with Crippen LogP contribution in [0.25, 0.3) is 0 Å². The first kappa shape index (κ1) is 12.2. The fourth-order valence-electron chi connectivity index (χ4n) is 2.09. The van der Waals surface area contributed by atoms with E-state index in [9.17, 15) is 4.79 Å². The minimum atomic E-state index is 0.0376. The molecule has 0 bridgehead atoms. The molecule has 0 aliphatic carbocycles. The van der Waals surface area contributed by atoms with Gasteiger partial charge in [0.2, 0.25) is 0 Å². The van der Waals surface area contributed by atoms with Crippen LogP contribution in [0.15, 0.2) is 24.5 Å². The highest BCUT2D eigenvalue weighted by molar-refractivity contribution is 5.82. The summed E-state index contributed by atoms with van der Waals surface area (Å²) in [6, 6.07) is 3.99. The standard InChI is InChI=1S/C13H18N2O2/c1-15(8-11-2-5-14-6-3-11)9-12-10-17-7-4-13(12)16/h2-3,5-6,12H,4,7-10H2,1H3. The Morgan fingerprint density at radius 2 is 2.24 bits per heavy atom. The van der Waals surface area contributed by atoms with E-state index in [1.165, 1.54) is 5.56 Å². The number of carbonyl (C=O) groups is 1. The first-order chi connectivity index (χ1) is 8.25. The van der Waals surface area contributed by atoms with E-state index in [-0.39, 0.29) is 5.92 Å². The number of nitrogens with zero attached hydrogens (tertiary/aromatic N) is 2. The van der Waals surface area contributed by atoms with Gasteiger partial charge in [-0.15, -0.1) is 0 Å². The van der Waals surface area contributed by atoms with Gasteiger partial charge in [-0.25, -0.2) is 0 Å². The molecule has 1 unspecified atom stereocenters. The molecule has 1 saturated heterocycles. The average molecular weight is 234 g/mol. The summed E-state index contributed by atoms with van der Waals surface area (Å²) in [7, 11) is 2.03. The largest absolute Gasteiger partial charge is 0.380 e. The van der Waals surface area contributed by atoms with Crippen LogP contribution in [0.4, 0.5) is 0 Å². The second kappa shape index (κ2) is 5.89.